The Morgan fingerprint density at radius 1 is 1.43 bits per heavy atom. The largest absolute Gasteiger partial charge is 0.469 e. The fourth-order valence-corrected chi connectivity index (χ4v) is 2.23. The normalized spacial score (nSPS) is 22.5. The molecule has 0 aromatic rings. The van der Waals surface area contributed by atoms with Gasteiger partial charge in [0, 0.05) is 12.0 Å². The third kappa shape index (κ3) is 4.77. The molecule has 1 N–H and O–H groups in total. The minimum Gasteiger partial charge on any atom is -0.469 e. The highest BCUT2D eigenvalue weighted by Gasteiger charge is 2.48. The number of hydrogen-bond donors (Lipinski definition) is 1. The van der Waals surface area contributed by atoms with E-state index >= 15 is 0 Å². The van der Waals surface area contributed by atoms with E-state index in [0.29, 0.717) is 12.8 Å². The molecule has 1 rings (SSSR count). The molecule has 0 saturated heterocycles. The summed E-state index contributed by atoms with van der Waals surface area (Å²) in [5.74, 6) is -1.87. The van der Waals surface area contributed by atoms with Gasteiger partial charge in [0.15, 0.2) is 0 Å². The number of ketones is 1. The molecule has 1 aliphatic carbocycles. The third-order valence-electron chi connectivity index (χ3n) is 3.17. The van der Waals surface area contributed by atoms with Gasteiger partial charge in [-0.3, -0.25) is 9.59 Å². The van der Waals surface area contributed by atoms with Crippen LogP contribution in [0.25, 0.3) is 0 Å². The monoisotopic (exact) mass is 342 g/mol. The number of unbranched alkanes of at least 4 members (excludes halogenated alkanes) is 1. The molecule has 1 unspecified atom stereocenters. The van der Waals surface area contributed by atoms with Crippen LogP contribution >= 0.6 is 11.6 Å². The number of rotatable bonds is 7. The SMILES string of the molecule is CCOC(=O)C1(O)C=C(Cl)C(=O)C1=CC=CCCCC(=O)OC. The van der Waals surface area contributed by atoms with Gasteiger partial charge < -0.3 is 14.6 Å². The van der Waals surface area contributed by atoms with Crippen molar-refractivity contribution in [2.45, 2.75) is 31.8 Å². The van der Waals surface area contributed by atoms with Crippen molar-refractivity contribution >= 4 is 29.3 Å². The summed E-state index contributed by atoms with van der Waals surface area (Å²) in [5, 5.41) is 10.1. The van der Waals surface area contributed by atoms with Gasteiger partial charge in [-0.1, -0.05) is 29.8 Å². The van der Waals surface area contributed by atoms with Crippen LogP contribution in [0.3, 0.4) is 0 Å². The molecule has 0 fully saturated rings. The Hall–Kier alpha value is -1.92. The maximum Gasteiger partial charge on any atom is 0.347 e. The van der Waals surface area contributed by atoms with Gasteiger partial charge in [0.1, 0.15) is 0 Å². The predicted molar refractivity (Wildman–Crippen MR) is 83.6 cm³/mol. The Morgan fingerprint density at radius 3 is 2.74 bits per heavy atom. The fraction of sp³-hybridized carbons (Fsp3) is 0.438. The highest BCUT2D eigenvalue weighted by molar-refractivity contribution is 6.47. The van der Waals surface area contributed by atoms with E-state index in [2.05, 4.69) is 4.74 Å². The number of Topliss-reactive ketones (excluding diaryl/α,β-unsaturated/α-hetero) is 1. The van der Waals surface area contributed by atoms with E-state index in [1.807, 2.05) is 0 Å². The summed E-state index contributed by atoms with van der Waals surface area (Å²) in [4.78, 5) is 34.8. The lowest BCUT2D eigenvalue weighted by atomic mass is 9.96. The molecule has 0 spiro atoms. The van der Waals surface area contributed by atoms with Gasteiger partial charge in [-0.2, -0.15) is 0 Å². The maximum absolute atomic E-state index is 11.9. The lowest BCUT2D eigenvalue weighted by molar-refractivity contribution is -0.157. The van der Waals surface area contributed by atoms with Gasteiger partial charge in [0.05, 0.1) is 18.7 Å². The Bertz CT molecular complexity index is 575. The minimum atomic E-state index is -2.17. The molecular formula is C16H19ClO6. The topological polar surface area (TPSA) is 89.9 Å². The van der Waals surface area contributed by atoms with Crippen LogP contribution in [0.15, 0.2) is 34.9 Å². The Balaban J connectivity index is 2.77. The number of methoxy groups -OCH3 is 1. The van der Waals surface area contributed by atoms with Crippen LogP contribution in [-0.2, 0) is 23.9 Å². The van der Waals surface area contributed by atoms with E-state index in [9.17, 15) is 19.5 Å². The molecule has 23 heavy (non-hydrogen) atoms. The fourth-order valence-electron chi connectivity index (χ4n) is 1.97. The van der Waals surface area contributed by atoms with Crippen molar-refractivity contribution in [3.63, 3.8) is 0 Å². The summed E-state index contributed by atoms with van der Waals surface area (Å²) in [6.45, 7) is 1.66. The van der Waals surface area contributed by atoms with Gasteiger partial charge in [0.2, 0.25) is 11.4 Å². The lowest BCUT2D eigenvalue weighted by Gasteiger charge is -2.19. The molecule has 7 heteroatoms. The average Bonchev–Trinajstić information content (AvgIpc) is 2.74. The molecule has 1 atom stereocenters. The molecule has 6 nitrogen and oxygen atoms in total. The number of aliphatic hydroxyl groups is 1. The average molecular weight is 343 g/mol. The first-order valence-electron chi connectivity index (χ1n) is 7.13. The van der Waals surface area contributed by atoms with Crippen molar-refractivity contribution in [2.75, 3.05) is 13.7 Å². The van der Waals surface area contributed by atoms with Crippen molar-refractivity contribution in [1.82, 2.24) is 0 Å². The first-order valence-corrected chi connectivity index (χ1v) is 7.51. The van der Waals surface area contributed by atoms with E-state index in [4.69, 9.17) is 16.3 Å². The predicted octanol–water partition coefficient (Wildman–Crippen LogP) is 1.81. The molecule has 0 aliphatic heterocycles. The first-order chi connectivity index (χ1) is 10.9. The van der Waals surface area contributed by atoms with Crippen molar-refractivity contribution in [3.05, 3.63) is 34.9 Å². The molecule has 0 radical (unpaired) electrons. The summed E-state index contributed by atoms with van der Waals surface area (Å²) >= 11 is 5.73. The molecule has 0 saturated carbocycles. The second-order valence-electron chi connectivity index (χ2n) is 4.79. The Kier molecular flexibility index (Phi) is 7.19. The van der Waals surface area contributed by atoms with Crippen LogP contribution in [0.2, 0.25) is 0 Å². The second kappa shape index (κ2) is 8.64. The third-order valence-corrected chi connectivity index (χ3v) is 3.45. The smallest absolute Gasteiger partial charge is 0.347 e. The number of hydrogen-bond acceptors (Lipinski definition) is 6. The summed E-state index contributed by atoms with van der Waals surface area (Å²) in [6.07, 6.45) is 6.98. The minimum absolute atomic E-state index is 0.0669. The van der Waals surface area contributed by atoms with Crippen molar-refractivity contribution in [2.24, 2.45) is 0 Å². The van der Waals surface area contributed by atoms with Crippen molar-refractivity contribution < 1.29 is 29.0 Å². The zero-order valence-electron chi connectivity index (χ0n) is 13.0. The van der Waals surface area contributed by atoms with Gasteiger partial charge in [-0.05, 0) is 25.8 Å². The van der Waals surface area contributed by atoms with Crippen LogP contribution in [0.4, 0.5) is 0 Å². The number of carbonyl (C=O) groups excluding carboxylic acids is 3. The summed E-state index contributed by atoms with van der Waals surface area (Å²) in [7, 11) is 1.32. The second-order valence-corrected chi connectivity index (χ2v) is 5.19. The Labute approximate surface area is 139 Å². The summed E-state index contributed by atoms with van der Waals surface area (Å²) < 4.78 is 9.29. The van der Waals surface area contributed by atoms with Gasteiger partial charge in [-0.25, -0.2) is 4.79 Å². The quantitative estimate of drug-likeness (QED) is 0.431. The summed E-state index contributed by atoms with van der Waals surface area (Å²) in [6, 6.07) is 0. The number of halogens is 1. The molecule has 0 heterocycles. The van der Waals surface area contributed by atoms with Crippen LogP contribution < -0.4 is 0 Å². The number of allylic oxidation sites excluding steroid dienone is 4. The van der Waals surface area contributed by atoms with Crippen molar-refractivity contribution in [3.8, 4) is 0 Å². The van der Waals surface area contributed by atoms with Gasteiger partial charge in [-0.15, -0.1) is 0 Å². The molecule has 0 bridgehead atoms. The molecular weight excluding hydrogens is 324 g/mol. The number of ether oxygens (including phenoxy) is 2. The molecule has 1 aliphatic rings. The maximum atomic E-state index is 11.9. The van der Waals surface area contributed by atoms with Crippen molar-refractivity contribution in [1.29, 1.82) is 0 Å². The van der Waals surface area contributed by atoms with Crippen LogP contribution in [0.5, 0.6) is 0 Å². The van der Waals surface area contributed by atoms with Crippen LogP contribution in [0.1, 0.15) is 26.2 Å². The summed E-state index contributed by atoms with van der Waals surface area (Å²) in [5.41, 5.74) is -2.33. The van der Waals surface area contributed by atoms with Crippen LogP contribution in [0, 0.1) is 0 Å². The highest BCUT2D eigenvalue weighted by Crippen LogP contribution is 2.34. The van der Waals surface area contributed by atoms with E-state index in [1.54, 1.807) is 13.0 Å². The highest BCUT2D eigenvalue weighted by atomic mass is 35.5. The van der Waals surface area contributed by atoms with E-state index < -0.39 is 17.4 Å². The first kappa shape index (κ1) is 19.1. The van der Waals surface area contributed by atoms with E-state index in [-0.39, 0.29) is 29.6 Å². The van der Waals surface area contributed by atoms with Gasteiger partial charge >= 0.3 is 11.9 Å². The molecule has 0 amide bonds. The molecule has 126 valence electrons. The van der Waals surface area contributed by atoms with Gasteiger partial charge in [0.25, 0.3) is 0 Å². The number of carbonyl (C=O) groups is 3. The standard InChI is InChI=1S/C16H19ClO6/c1-3-23-15(20)16(21)10-12(17)14(19)11(16)8-6-4-5-7-9-13(18)22-2/h4,6,8,10,21H,3,5,7,9H2,1-2H3. The zero-order valence-corrected chi connectivity index (χ0v) is 13.8. The van der Waals surface area contributed by atoms with Crippen LogP contribution in [-0.4, -0.2) is 42.1 Å². The van der Waals surface area contributed by atoms with E-state index in [0.717, 1.165) is 6.08 Å². The zero-order chi connectivity index (χ0) is 17.5. The molecule has 0 aromatic carbocycles. The Morgan fingerprint density at radius 2 is 2.13 bits per heavy atom. The lowest BCUT2D eigenvalue weighted by Crippen LogP contribution is -2.39. The van der Waals surface area contributed by atoms with E-state index in [1.165, 1.54) is 19.3 Å². The number of esters is 2. The molecule has 0 aromatic heterocycles.